The number of nitrogens with zero attached hydrogens (tertiary/aromatic N) is 1. The number of hydrogen-bond acceptors (Lipinski definition) is 4. The molecule has 0 bridgehead atoms. The maximum absolute atomic E-state index is 13.6. The maximum atomic E-state index is 13.6. The number of anilines is 2. The smallest absolute Gasteiger partial charge is 0.247 e. The highest BCUT2D eigenvalue weighted by Crippen LogP contribution is 2.38. The molecule has 2 aromatic rings. The molecule has 0 heterocycles. The molecule has 0 atom stereocenters. The summed E-state index contributed by atoms with van der Waals surface area (Å²) in [5.41, 5.74) is 0.853. The van der Waals surface area contributed by atoms with Crippen LogP contribution in [0.25, 0.3) is 0 Å². The molecule has 0 saturated heterocycles. The maximum Gasteiger partial charge on any atom is 0.247 e. The molecule has 26 heavy (non-hydrogen) atoms. The molecule has 10 heteroatoms. The minimum absolute atomic E-state index is 0.0429. The van der Waals surface area contributed by atoms with Crippen LogP contribution < -0.4 is 10.6 Å². The Morgan fingerprint density at radius 1 is 1.19 bits per heavy atom. The normalized spacial score (nSPS) is 11.5. The van der Waals surface area contributed by atoms with Gasteiger partial charge in [-0.3, -0.25) is 0 Å². The van der Waals surface area contributed by atoms with Crippen molar-refractivity contribution < 1.29 is 17.9 Å². The first-order chi connectivity index (χ1) is 12.1. The summed E-state index contributed by atoms with van der Waals surface area (Å²) in [6.07, 6.45) is 0. The third-order valence-corrected chi connectivity index (χ3v) is 6.11. The van der Waals surface area contributed by atoms with Gasteiger partial charge in [-0.1, -0.05) is 17.7 Å². The van der Waals surface area contributed by atoms with E-state index in [-0.39, 0.29) is 15.8 Å². The van der Waals surface area contributed by atoms with E-state index >= 15 is 0 Å². The van der Waals surface area contributed by atoms with Crippen molar-refractivity contribution in [1.29, 1.82) is 0 Å². The van der Waals surface area contributed by atoms with Gasteiger partial charge in [0.1, 0.15) is 10.7 Å². The van der Waals surface area contributed by atoms with Crippen molar-refractivity contribution in [2.45, 2.75) is 11.8 Å². The highest BCUT2D eigenvalue weighted by Gasteiger charge is 2.27. The fourth-order valence-corrected chi connectivity index (χ4v) is 3.79. The Bertz CT molecular complexity index is 965. The molecule has 0 amide bonds. The Morgan fingerprint density at radius 3 is 2.42 bits per heavy atom. The third kappa shape index (κ3) is 4.07. The average molecular weight is 418 g/mol. The standard InChI is InChI=1S/C16H17ClFN3O3S2/c1-9-11(18)5-4-6-12(9)19-16(25)20-13-8-7-10(17)15(14(13)22)26(23,24)21(2)3/h4-8,22H,1-3H3,(H2,19,20,25). The van der Waals surface area contributed by atoms with Crippen LogP contribution in [0.15, 0.2) is 35.2 Å². The summed E-state index contributed by atoms with van der Waals surface area (Å²) in [6.45, 7) is 1.59. The largest absolute Gasteiger partial charge is 0.504 e. The highest BCUT2D eigenvalue weighted by atomic mass is 35.5. The molecule has 0 aliphatic heterocycles. The zero-order chi connectivity index (χ0) is 19.6. The summed E-state index contributed by atoms with van der Waals surface area (Å²) >= 11 is 11.1. The van der Waals surface area contributed by atoms with E-state index in [1.165, 1.54) is 38.4 Å². The molecule has 0 aromatic heterocycles. The molecule has 6 nitrogen and oxygen atoms in total. The summed E-state index contributed by atoms with van der Waals surface area (Å²) in [6, 6.07) is 7.19. The van der Waals surface area contributed by atoms with Crippen LogP contribution >= 0.6 is 23.8 Å². The summed E-state index contributed by atoms with van der Waals surface area (Å²) in [4.78, 5) is -0.432. The summed E-state index contributed by atoms with van der Waals surface area (Å²) in [7, 11) is -1.32. The number of sulfonamides is 1. The van der Waals surface area contributed by atoms with Gasteiger partial charge < -0.3 is 15.7 Å². The van der Waals surface area contributed by atoms with Crippen LogP contribution in [-0.4, -0.2) is 37.0 Å². The van der Waals surface area contributed by atoms with Crippen LogP contribution in [0.5, 0.6) is 5.75 Å². The Kier molecular flexibility index (Phi) is 6.07. The summed E-state index contributed by atoms with van der Waals surface area (Å²) in [5.74, 6) is -0.960. The van der Waals surface area contributed by atoms with E-state index in [2.05, 4.69) is 10.6 Å². The quantitative estimate of drug-likeness (QED) is 0.521. The number of phenols is 1. The minimum atomic E-state index is -3.97. The van der Waals surface area contributed by atoms with Gasteiger partial charge in [0.05, 0.1) is 10.7 Å². The topological polar surface area (TPSA) is 81.7 Å². The molecular formula is C16H17ClFN3O3S2. The Labute approximate surface area is 161 Å². The van der Waals surface area contributed by atoms with Crippen LogP contribution in [0.1, 0.15) is 5.56 Å². The molecule has 0 fully saturated rings. The number of rotatable bonds is 4. The van der Waals surface area contributed by atoms with E-state index in [0.29, 0.717) is 11.3 Å². The van der Waals surface area contributed by atoms with Gasteiger partial charge in [-0.15, -0.1) is 0 Å². The van der Waals surface area contributed by atoms with E-state index in [0.717, 1.165) is 4.31 Å². The van der Waals surface area contributed by atoms with Gasteiger partial charge in [-0.25, -0.2) is 17.1 Å². The molecule has 0 unspecified atom stereocenters. The Hall–Kier alpha value is -1.94. The molecule has 0 spiro atoms. The van der Waals surface area contributed by atoms with Gasteiger partial charge in [-0.2, -0.15) is 0 Å². The predicted octanol–water partition coefficient (Wildman–Crippen LogP) is 3.55. The fraction of sp³-hybridized carbons (Fsp3) is 0.188. The van der Waals surface area contributed by atoms with Gasteiger partial charge in [-0.05, 0) is 43.4 Å². The van der Waals surface area contributed by atoms with Crippen molar-refractivity contribution in [2.24, 2.45) is 0 Å². The van der Waals surface area contributed by atoms with E-state index in [9.17, 15) is 17.9 Å². The molecule has 3 N–H and O–H groups in total. The molecule has 2 aromatic carbocycles. The molecule has 140 valence electrons. The van der Waals surface area contributed by atoms with Gasteiger partial charge in [0, 0.05) is 25.3 Å². The minimum Gasteiger partial charge on any atom is -0.504 e. The van der Waals surface area contributed by atoms with Gasteiger partial charge in [0.25, 0.3) is 0 Å². The van der Waals surface area contributed by atoms with E-state index in [1.54, 1.807) is 13.0 Å². The molecule has 0 radical (unpaired) electrons. The van der Waals surface area contributed by atoms with Crippen LogP contribution in [0, 0.1) is 12.7 Å². The van der Waals surface area contributed by atoms with E-state index < -0.39 is 26.5 Å². The van der Waals surface area contributed by atoms with Crippen LogP contribution in [0.4, 0.5) is 15.8 Å². The second-order valence-electron chi connectivity index (χ2n) is 5.55. The number of hydrogen-bond donors (Lipinski definition) is 3. The lowest BCUT2D eigenvalue weighted by Crippen LogP contribution is -2.24. The Balaban J connectivity index is 2.33. The van der Waals surface area contributed by atoms with Gasteiger partial charge in [0.2, 0.25) is 10.0 Å². The molecule has 0 aliphatic carbocycles. The third-order valence-electron chi connectivity index (χ3n) is 3.59. The first-order valence-corrected chi connectivity index (χ1v) is 9.55. The van der Waals surface area contributed by atoms with Crippen LogP contribution in [-0.2, 0) is 10.0 Å². The van der Waals surface area contributed by atoms with Crippen molar-refractivity contribution >= 4 is 50.3 Å². The average Bonchev–Trinajstić information content (AvgIpc) is 2.54. The van der Waals surface area contributed by atoms with Crippen LogP contribution in [0.3, 0.4) is 0 Å². The van der Waals surface area contributed by atoms with Gasteiger partial charge in [0.15, 0.2) is 10.9 Å². The van der Waals surface area contributed by atoms with Crippen molar-refractivity contribution in [3.63, 3.8) is 0 Å². The highest BCUT2D eigenvalue weighted by molar-refractivity contribution is 7.89. The summed E-state index contributed by atoms with van der Waals surface area (Å²) in [5, 5.41) is 15.8. The van der Waals surface area contributed by atoms with Crippen molar-refractivity contribution in [3.05, 3.63) is 46.7 Å². The number of halogens is 2. The number of aromatic hydroxyl groups is 1. The summed E-state index contributed by atoms with van der Waals surface area (Å²) < 4.78 is 39.2. The van der Waals surface area contributed by atoms with E-state index in [4.69, 9.17) is 23.8 Å². The number of benzene rings is 2. The van der Waals surface area contributed by atoms with Crippen LogP contribution in [0.2, 0.25) is 5.02 Å². The van der Waals surface area contributed by atoms with E-state index in [1.807, 2.05) is 0 Å². The Morgan fingerprint density at radius 2 is 1.81 bits per heavy atom. The molecule has 0 aliphatic rings. The van der Waals surface area contributed by atoms with Crippen molar-refractivity contribution in [2.75, 3.05) is 24.7 Å². The van der Waals surface area contributed by atoms with Crippen molar-refractivity contribution in [3.8, 4) is 5.75 Å². The monoisotopic (exact) mass is 417 g/mol. The SMILES string of the molecule is Cc1c(F)cccc1NC(=S)Nc1ccc(Cl)c(S(=O)(=O)N(C)C)c1O. The molecule has 2 rings (SSSR count). The van der Waals surface area contributed by atoms with Crippen molar-refractivity contribution in [1.82, 2.24) is 4.31 Å². The molecular weight excluding hydrogens is 401 g/mol. The first kappa shape index (κ1) is 20.4. The second-order valence-corrected chi connectivity index (χ2v) is 8.46. The number of nitrogens with one attached hydrogen (secondary N) is 2. The lowest BCUT2D eigenvalue weighted by Gasteiger charge is -2.18. The number of phenolic OH excluding ortho intramolecular Hbond substituents is 1. The lowest BCUT2D eigenvalue weighted by molar-refractivity contribution is 0.455. The fourth-order valence-electron chi connectivity index (χ4n) is 2.09. The first-order valence-electron chi connectivity index (χ1n) is 7.32. The predicted molar refractivity (Wildman–Crippen MR) is 105 cm³/mol. The molecule has 0 saturated carbocycles. The number of thiocarbonyl (C=S) groups is 1. The van der Waals surface area contributed by atoms with Gasteiger partial charge >= 0.3 is 0 Å². The zero-order valence-electron chi connectivity index (χ0n) is 14.2. The zero-order valence-corrected chi connectivity index (χ0v) is 16.6. The second kappa shape index (κ2) is 7.75. The lowest BCUT2D eigenvalue weighted by atomic mass is 10.2.